The highest BCUT2D eigenvalue weighted by Gasteiger charge is 2.13. The second-order valence-electron chi connectivity index (χ2n) is 3.85. The van der Waals surface area contributed by atoms with E-state index in [4.69, 9.17) is 0 Å². The van der Waals surface area contributed by atoms with Gasteiger partial charge in [0.1, 0.15) is 5.82 Å². The van der Waals surface area contributed by atoms with Gasteiger partial charge in [-0.2, -0.15) is 11.3 Å². The Balaban J connectivity index is 2.04. The summed E-state index contributed by atoms with van der Waals surface area (Å²) in [6, 6.07) is 6.65. The molecule has 0 radical (unpaired) electrons. The van der Waals surface area contributed by atoms with Crippen LogP contribution in [0.4, 0.5) is 4.39 Å². The predicted octanol–water partition coefficient (Wildman–Crippen LogP) is 4.32. The summed E-state index contributed by atoms with van der Waals surface area (Å²) in [4.78, 5) is 0. The standard InChI is InChI=1S/C13H12BrFOS/c14-10-2-3-12(15)11(7-10)13(16)4-1-9-5-6-17-8-9/h2-3,5-8,13,16H,1,4H2. The number of hydrogen-bond donors (Lipinski definition) is 1. The highest BCUT2D eigenvalue weighted by Crippen LogP contribution is 2.25. The van der Waals surface area contributed by atoms with Crippen LogP contribution in [-0.4, -0.2) is 5.11 Å². The molecular weight excluding hydrogens is 303 g/mol. The van der Waals surface area contributed by atoms with Gasteiger partial charge in [0.25, 0.3) is 0 Å². The number of hydrogen-bond acceptors (Lipinski definition) is 2. The Hall–Kier alpha value is -0.710. The molecule has 1 heterocycles. The lowest BCUT2D eigenvalue weighted by Gasteiger charge is -2.11. The molecule has 1 atom stereocenters. The summed E-state index contributed by atoms with van der Waals surface area (Å²) < 4.78 is 14.3. The van der Waals surface area contributed by atoms with Crippen molar-refractivity contribution in [2.45, 2.75) is 18.9 Å². The summed E-state index contributed by atoms with van der Waals surface area (Å²) in [6.45, 7) is 0. The van der Waals surface area contributed by atoms with Crippen LogP contribution in [0.25, 0.3) is 0 Å². The summed E-state index contributed by atoms with van der Waals surface area (Å²) in [5.41, 5.74) is 1.54. The van der Waals surface area contributed by atoms with Gasteiger partial charge in [0, 0.05) is 10.0 Å². The van der Waals surface area contributed by atoms with Crippen molar-refractivity contribution in [3.8, 4) is 0 Å². The molecule has 0 amide bonds. The fourth-order valence-corrected chi connectivity index (χ4v) is 2.75. The molecule has 1 nitrogen and oxygen atoms in total. The molecule has 0 aliphatic carbocycles. The molecule has 0 fully saturated rings. The van der Waals surface area contributed by atoms with Gasteiger partial charge in [0.15, 0.2) is 0 Å². The van der Waals surface area contributed by atoms with Crippen molar-refractivity contribution in [3.63, 3.8) is 0 Å². The van der Waals surface area contributed by atoms with Crippen LogP contribution in [0.1, 0.15) is 23.7 Å². The highest BCUT2D eigenvalue weighted by molar-refractivity contribution is 9.10. The van der Waals surface area contributed by atoms with Crippen molar-refractivity contribution < 1.29 is 9.50 Å². The van der Waals surface area contributed by atoms with Crippen molar-refractivity contribution in [3.05, 3.63) is 56.4 Å². The first kappa shape index (κ1) is 12.7. The first-order valence-corrected chi connectivity index (χ1v) is 7.04. The number of aliphatic hydroxyl groups excluding tert-OH is 1. The van der Waals surface area contributed by atoms with Gasteiger partial charge in [-0.1, -0.05) is 15.9 Å². The summed E-state index contributed by atoms with van der Waals surface area (Å²) in [6.07, 6.45) is 0.535. The van der Waals surface area contributed by atoms with E-state index in [1.54, 1.807) is 23.5 Å². The Labute approximate surface area is 112 Å². The average Bonchev–Trinajstić information content (AvgIpc) is 2.82. The molecule has 0 bridgehead atoms. The molecule has 90 valence electrons. The minimum atomic E-state index is -0.757. The molecule has 0 spiro atoms. The minimum absolute atomic E-state index is 0.356. The summed E-state index contributed by atoms with van der Waals surface area (Å²) in [5.74, 6) is -0.356. The van der Waals surface area contributed by atoms with Crippen LogP contribution >= 0.6 is 27.3 Å². The summed E-state index contributed by atoms with van der Waals surface area (Å²) in [5, 5.41) is 14.0. The van der Waals surface area contributed by atoms with E-state index in [1.807, 2.05) is 16.8 Å². The molecule has 17 heavy (non-hydrogen) atoms. The largest absolute Gasteiger partial charge is 0.388 e. The van der Waals surface area contributed by atoms with Crippen LogP contribution < -0.4 is 0 Å². The first-order chi connectivity index (χ1) is 8.16. The predicted molar refractivity (Wildman–Crippen MR) is 71.7 cm³/mol. The maximum absolute atomic E-state index is 13.5. The molecular formula is C13H12BrFOS. The zero-order valence-electron chi connectivity index (χ0n) is 9.07. The van der Waals surface area contributed by atoms with Gasteiger partial charge in [-0.3, -0.25) is 0 Å². The van der Waals surface area contributed by atoms with Crippen molar-refractivity contribution in [2.24, 2.45) is 0 Å². The lowest BCUT2D eigenvalue weighted by atomic mass is 10.0. The Kier molecular flexibility index (Phi) is 4.31. The lowest BCUT2D eigenvalue weighted by Crippen LogP contribution is -2.02. The molecule has 1 N–H and O–H groups in total. The van der Waals surface area contributed by atoms with Crippen LogP contribution in [0.2, 0.25) is 0 Å². The number of benzene rings is 1. The van der Waals surface area contributed by atoms with Gasteiger partial charge in [-0.25, -0.2) is 4.39 Å². The van der Waals surface area contributed by atoms with E-state index < -0.39 is 6.10 Å². The molecule has 4 heteroatoms. The fourth-order valence-electron chi connectivity index (χ4n) is 1.66. The topological polar surface area (TPSA) is 20.2 Å². The molecule has 1 unspecified atom stereocenters. The third-order valence-corrected chi connectivity index (χ3v) is 3.83. The molecule has 2 aromatic rings. The van der Waals surface area contributed by atoms with E-state index in [9.17, 15) is 9.50 Å². The third-order valence-electron chi connectivity index (χ3n) is 2.60. The zero-order valence-corrected chi connectivity index (χ0v) is 11.5. The third kappa shape index (κ3) is 3.37. The molecule has 0 saturated carbocycles. The van der Waals surface area contributed by atoms with E-state index in [1.165, 1.54) is 11.6 Å². The number of halogens is 2. The van der Waals surface area contributed by atoms with E-state index in [-0.39, 0.29) is 5.82 Å². The molecule has 0 saturated heterocycles. The van der Waals surface area contributed by atoms with Crippen molar-refractivity contribution in [1.29, 1.82) is 0 Å². The molecule has 1 aromatic heterocycles. The van der Waals surface area contributed by atoms with Gasteiger partial charge < -0.3 is 5.11 Å². The van der Waals surface area contributed by atoms with Crippen LogP contribution in [0.15, 0.2) is 39.5 Å². The SMILES string of the molecule is OC(CCc1ccsc1)c1cc(Br)ccc1F. The van der Waals surface area contributed by atoms with Crippen molar-refractivity contribution >= 4 is 27.3 Å². The Morgan fingerprint density at radius 2 is 2.18 bits per heavy atom. The van der Waals surface area contributed by atoms with Crippen molar-refractivity contribution in [1.82, 2.24) is 0 Å². The molecule has 0 aliphatic rings. The summed E-state index contributed by atoms with van der Waals surface area (Å²) in [7, 11) is 0. The molecule has 0 aliphatic heterocycles. The number of aliphatic hydroxyl groups is 1. The first-order valence-electron chi connectivity index (χ1n) is 5.31. The normalized spacial score (nSPS) is 12.6. The van der Waals surface area contributed by atoms with Gasteiger partial charge in [-0.05, 0) is 53.4 Å². The maximum atomic E-state index is 13.5. The fraction of sp³-hybridized carbons (Fsp3) is 0.231. The Morgan fingerprint density at radius 1 is 1.35 bits per heavy atom. The highest BCUT2D eigenvalue weighted by atomic mass is 79.9. The van der Waals surface area contributed by atoms with Gasteiger partial charge in [0.2, 0.25) is 0 Å². The van der Waals surface area contributed by atoms with E-state index in [2.05, 4.69) is 15.9 Å². The number of thiophene rings is 1. The van der Waals surface area contributed by atoms with Crippen molar-refractivity contribution in [2.75, 3.05) is 0 Å². The van der Waals surface area contributed by atoms with Gasteiger partial charge in [-0.15, -0.1) is 0 Å². The number of aryl methyl sites for hydroxylation is 1. The zero-order chi connectivity index (χ0) is 12.3. The lowest BCUT2D eigenvalue weighted by molar-refractivity contribution is 0.163. The molecule has 2 rings (SSSR count). The van der Waals surface area contributed by atoms with Gasteiger partial charge >= 0.3 is 0 Å². The van der Waals surface area contributed by atoms with Crippen LogP contribution in [0.3, 0.4) is 0 Å². The maximum Gasteiger partial charge on any atom is 0.129 e. The minimum Gasteiger partial charge on any atom is -0.388 e. The smallest absolute Gasteiger partial charge is 0.129 e. The van der Waals surface area contributed by atoms with E-state index in [0.717, 1.165) is 10.9 Å². The summed E-state index contributed by atoms with van der Waals surface area (Å²) >= 11 is 4.91. The second-order valence-corrected chi connectivity index (χ2v) is 5.55. The second kappa shape index (κ2) is 5.76. The van der Waals surface area contributed by atoms with Crippen LogP contribution in [0, 0.1) is 5.82 Å². The number of rotatable bonds is 4. The van der Waals surface area contributed by atoms with Crippen LogP contribution in [0.5, 0.6) is 0 Å². The Morgan fingerprint density at radius 3 is 2.88 bits per heavy atom. The monoisotopic (exact) mass is 314 g/mol. The van der Waals surface area contributed by atoms with E-state index >= 15 is 0 Å². The average molecular weight is 315 g/mol. The van der Waals surface area contributed by atoms with E-state index in [0.29, 0.717) is 12.0 Å². The molecule has 1 aromatic carbocycles. The van der Waals surface area contributed by atoms with Crippen LogP contribution in [-0.2, 0) is 6.42 Å². The van der Waals surface area contributed by atoms with Gasteiger partial charge in [0.05, 0.1) is 6.10 Å². The Bertz CT molecular complexity index is 484. The quantitative estimate of drug-likeness (QED) is 0.891.